The Bertz CT molecular complexity index is 176. The predicted molar refractivity (Wildman–Crippen MR) is 109 cm³/mol. The summed E-state index contributed by atoms with van der Waals surface area (Å²) < 4.78 is 5.21. The van der Waals surface area contributed by atoms with Crippen LogP contribution in [0.5, 0.6) is 0 Å². The molecule has 0 saturated heterocycles. The molecule has 0 radical (unpaired) electrons. The van der Waals surface area contributed by atoms with Crippen molar-refractivity contribution >= 4 is 10.5 Å². The lowest BCUT2D eigenvalue weighted by molar-refractivity contribution is 0.332. The molecule has 140 valence electrons. The Morgan fingerprint density at radius 3 is 0.957 bits per heavy atom. The smallest absolute Gasteiger partial charge is 0.145 e. The summed E-state index contributed by atoms with van der Waals surface area (Å²) in [7, 11) is 0.910. The van der Waals surface area contributed by atoms with E-state index >= 15 is 0 Å². The maximum Gasteiger partial charge on any atom is 0.145 e. The van der Waals surface area contributed by atoms with Gasteiger partial charge in [-0.2, -0.15) is 0 Å². The van der Waals surface area contributed by atoms with E-state index in [1.165, 1.54) is 122 Å². The molecule has 0 N–H and O–H groups in total. The van der Waals surface area contributed by atoms with Gasteiger partial charge in [-0.15, -0.1) is 0 Å². The zero-order valence-corrected chi connectivity index (χ0v) is 18.6. The van der Waals surface area contributed by atoms with Crippen molar-refractivity contribution in [2.45, 2.75) is 129 Å². The van der Waals surface area contributed by atoms with Crippen molar-refractivity contribution in [3.63, 3.8) is 0 Å². The second kappa shape index (κ2) is 22.2. The Morgan fingerprint density at radius 1 is 0.435 bits per heavy atom. The first-order valence-electron chi connectivity index (χ1n) is 10.9. The Kier molecular flexibility index (Phi) is 22.3. The molecule has 0 aromatic rings. The van der Waals surface area contributed by atoms with Crippen LogP contribution in [0.15, 0.2) is 0 Å². The summed E-state index contributed by atoms with van der Waals surface area (Å²) in [5.41, 5.74) is 0. The van der Waals surface area contributed by atoms with Gasteiger partial charge in [0.2, 0.25) is 0 Å². The van der Waals surface area contributed by atoms with Crippen LogP contribution in [0.25, 0.3) is 0 Å². The van der Waals surface area contributed by atoms with Crippen LogP contribution >= 0.6 is 0 Å². The van der Waals surface area contributed by atoms with Crippen molar-refractivity contribution in [3.05, 3.63) is 0 Å². The fraction of sp³-hybridized carbons (Fsp3) is 1.00. The van der Waals surface area contributed by atoms with Crippen molar-refractivity contribution in [1.29, 1.82) is 0 Å². The molecule has 0 rings (SSSR count). The molecule has 0 spiro atoms. The molecular weight excluding hydrogens is 296 g/mol. The average molecular weight is 343 g/mol. The largest absolute Gasteiger partial charge is 0.428 e. The van der Waals surface area contributed by atoms with E-state index in [9.17, 15) is 0 Å². The van der Waals surface area contributed by atoms with Crippen LogP contribution in [0.2, 0.25) is 0 Å². The normalized spacial score (nSPS) is 11.3. The minimum atomic E-state index is 0.910. The Balaban J connectivity index is 2.92. The van der Waals surface area contributed by atoms with Crippen molar-refractivity contribution in [2.75, 3.05) is 6.61 Å². The highest BCUT2D eigenvalue weighted by Gasteiger charge is 1.95. The van der Waals surface area contributed by atoms with E-state index in [0.29, 0.717) is 0 Å². The third-order valence-electron chi connectivity index (χ3n) is 4.95. The molecule has 0 atom stereocenters. The fourth-order valence-corrected chi connectivity index (χ4v) is 3.61. The van der Waals surface area contributed by atoms with E-state index in [4.69, 9.17) is 4.43 Å². The van der Waals surface area contributed by atoms with Gasteiger partial charge in [0.15, 0.2) is 0 Å². The third kappa shape index (κ3) is 22.2. The van der Waals surface area contributed by atoms with Gasteiger partial charge in [-0.3, -0.25) is 0 Å². The summed E-state index contributed by atoms with van der Waals surface area (Å²) in [5, 5.41) is 0. The predicted octanol–water partition coefficient (Wildman–Crippen LogP) is 6.72. The second-order valence-electron chi connectivity index (χ2n) is 7.36. The Labute approximate surface area is 150 Å². The van der Waals surface area contributed by atoms with Crippen molar-refractivity contribution in [1.82, 2.24) is 0 Å². The first kappa shape index (κ1) is 23.2. The fourth-order valence-electron chi connectivity index (χ4n) is 3.32. The van der Waals surface area contributed by atoms with Crippen LogP contribution < -0.4 is 0 Å². The van der Waals surface area contributed by atoms with Crippen LogP contribution in [0.1, 0.15) is 129 Å². The van der Waals surface area contributed by atoms with E-state index in [2.05, 4.69) is 6.92 Å². The molecule has 23 heavy (non-hydrogen) atoms. The summed E-state index contributed by atoms with van der Waals surface area (Å²) in [5.74, 6) is 0. The summed E-state index contributed by atoms with van der Waals surface area (Å²) >= 11 is 0. The zero-order valence-electron chi connectivity index (χ0n) is 16.6. The highest BCUT2D eigenvalue weighted by atomic mass is 28.2. The highest BCUT2D eigenvalue weighted by molar-refractivity contribution is 5.97. The van der Waals surface area contributed by atoms with E-state index in [-0.39, 0.29) is 0 Å². The van der Waals surface area contributed by atoms with Gasteiger partial charge >= 0.3 is 0 Å². The van der Waals surface area contributed by atoms with Gasteiger partial charge in [0.25, 0.3) is 0 Å². The molecule has 0 saturated carbocycles. The highest BCUT2D eigenvalue weighted by Crippen LogP contribution is 2.14. The van der Waals surface area contributed by atoms with Gasteiger partial charge in [-0.05, 0) is 6.42 Å². The zero-order chi connectivity index (χ0) is 16.8. The number of unbranched alkanes of at least 4 members (excludes halogenated alkanes) is 18. The molecule has 0 amide bonds. The summed E-state index contributed by atoms with van der Waals surface area (Å²) in [6.07, 6.45) is 27.5. The third-order valence-corrected chi connectivity index (χ3v) is 5.36. The van der Waals surface area contributed by atoms with Gasteiger partial charge in [0.1, 0.15) is 10.5 Å². The number of hydrogen-bond acceptors (Lipinski definition) is 1. The lowest BCUT2D eigenvalue weighted by Gasteiger charge is -2.04. The van der Waals surface area contributed by atoms with Crippen LogP contribution in [0.3, 0.4) is 0 Å². The SMILES string of the molecule is CCCCCCCCCCCCCCCCCCCCCO[SiH3]. The van der Waals surface area contributed by atoms with Crippen molar-refractivity contribution < 1.29 is 4.43 Å². The molecule has 0 fully saturated rings. The van der Waals surface area contributed by atoms with E-state index in [1.54, 1.807) is 0 Å². The van der Waals surface area contributed by atoms with Gasteiger partial charge in [-0.1, -0.05) is 122 Å². The van der Waals surface area contributed by atoms with Crippen molar-refractivity contribution in [3.8, 4) is 0 Å². The van der Waals surface area contributed by atoms with Crippen LogP contribution in [0, 0.1) is 0 Å². The van der Waals surface area contributed by atoms with Crippen LogP contribution in [-0.4, -0.2) is 17.1 Å². The lowest BCUT2D eigenvalue weighted by atomic mass is 10.0. The monoisotopic (exact) mass is 342 g/mol. The molecule has 0 aliphatic rings. The van der Waals surface area contributed by atoms with E-state index in [1.807, 2.05) is 0 Å². The maximum atomic E-state index is 5.21. The Morgan fingerprint density at radius 2 is 0.696 bits per heavy atom. The van der Waals surface area contributed by atoms with Crippen LogP contribution in [0.4, 0.5) is 0 Å². The van der Waals surface area contributed by atoms with Gasteiger partial charge in [0, 0.05) is 6.61 Å². The average Bonchev–Trinajstić information content (AvgIpc) is 2.57. The topological polar surface area (TPSA) is 9.23 Å². The number of hydrogen-bond donors (Lipinski definition) is 0. The first-order chi connectivity index (χ1) is 11.4. The first-order valence-corrected chi connectivity index (χ1v) is 11.7. The molecule has 1 nitrogen and oxygen atoms in total. The van der Waals surface area contributed by atoms with Gasteiger partial charge < -0.3 is 4.43 Å². The van der Waals surface area contributed by atoms with E-state index in [0.717, 1.165) is 17.1 Å². The molecule has 0 aliphatic heterocycles. The lowest BCUT2D eigenvalue weighted by Crippen LogP contribution is -1.89. The summed E-state index contributed by atoms with van der Waals surface area (Å²) in [6, 6.07) is 0. The summed E-state index contributed by atoms with van der Waals surface area (Å²) in [4.78, 5) is 0. The molecular formula is C21H46OSi. The maximum absolute atomic E-state index is 5.21. The van der Waals surface area contributed by atoms with E-state index < -0.39 is 0 Å². The molecule has 0 bridgehead atoms. The molecule has 0 aliphatic carbocycles. The molecule has 0 aromatic carbocycles. The van der Waals surface area contributed by atoms with Gasteiger partial charge in [0.05, 0.1) is 0 Å². The van der Waals surface area contributed by atoms with Gasteiger partial charge in [-0.25, -0.2) is 0 Å². The second-order valence-corrected chi connectivity index (χ2v) is 7.93. The molecule has 0 unspecified atom stereocenters. The number of rotatable bonds is 20. The Hall–Kier alpha value is 0.177. The molecule has 0 aromatic heterocycles. The quantitative estimate of drug-likeness (QED) is 0.176. The molecule has 2 heteroatoms. The molecule has 0 heterocycles. The van der Waals surface area contributed by atoms with Crippen molar-refractivity contribution in [2.24, 2.45) is 0 Å². The standard InChI is InChI=1S/C21H46OSi/c1-2-3-4-5-6-7-8-9-10-11-12-13-14-15-16-17-18-19-20-21-22-23/h2-21H2,1,23H3. The summed E-state index contributed by atoms with van der Waals surface area (Å²) in [6.45, 7) is 3.30. The van der Waals surface area contributed by atoms with Crippen LogP contribution in [-0.2, 0) is 4.43 Å². The minimum absolute atomic E-state index is 0.910. The minimum Gasteiger partial charge on any atom is -0.428 e.